The van der Waals surface area contributed by atoms with E-state index in [1.54, 1.807) is 13.8 Å². The van der Waals surface area contributed by atoms with Crippen LogP contribution in [0.15, 0.2) is 94.6 Å². The van der Waals surface area contributed by atoms with Gasteiger partial charge in [0.2, 0.25) is 0 Å². The first-order valence-corrected chi connectivity index (χ1v) is 10.9. The number of hydrogen-bond donors (Lipinski definition) is 0. The van der Waals surface area contributed by atoms with Crippen molar-refractivity contribution >= 4 is 11.9 Å². The topological polar surface area (TPSA) is 71.1 Å². The number of hydrogen-bond acceptors (Lipinski definition) is 6. The van der Waals surface area contributed by atoms with Gasteiger partial charge in [-0.1, -0.05) is 44.4 Å². The van der Waals surface area contributed by atoms with Gasteiger partial charge in [0.1, 0.15) is 37.9 Å². The van der Waals surface area contributed by atoms with Crippen molar-refractivity contribution in [2.45, 2.75) is 20.8 Å². The van der Waals surface area contributed by atoms with Gasteiger partial charge in [-0.15, -0.1) is 0 Å². The molecule has 0 saturated heterocycles. The molecule has 0 saturated carbocycles. The highest BCUT2D eigenvalue weighted by Gasteiger charge is 2.53. The number of carbonyl (C=O) groups excluding carboxylic acids is 2. The molecule has 4 rings (SSSR count). The molecule has 0 aromatic carbocycles. The lowest BCUT2D eigenvalue weighted by Gasteiger charge is -2.33. The van der Waals surface area contributed by atoms with Gasteiger partial charge in [-0.2, -0.15) is 0 Å². The van der Waals surface area contributed by atoms with Crippen molar-refractivity contribution in [1.82, 2.24) is 0 Å². The monoisotopic (exact) mass is 448 g/mol. The smallest absolute Gasteiger partial charge is 0.333 e. The molecule has 6 heteroatoms. The molecule has 0 amide bonds. The molecule has 33 heavy (non-hydrogen) atoms. The highest BCUT2D eigenvalue weighted by atomic mass is 16.6. The first-order chi connectivity index (χ1) is 15.7. The third kappa shape index (κ3) is 4.01. The molecule has 6 nitrogen and oxygen atoms in total. The fourth-order valence-electron chi connectivity index (χ4n) is 4.61. The van der Waals surface area contributed by atoms with Gasteiger partial charge in [0.15, 0.2) is 0 Å². The van der Waals surface area contributed by atoms with Gasteiger partial charge in [-0.3, -0.25) is 0 Å². The minimum absolute atomic E-state index is 0.129. The molecule has 0 spiro atoms. The highest BCUT2D eigenvalue weighted by Crippen LogP contribution is 2.62. The fourth-order valence-corrected chi connectivity index (χ4v) is 4.61. The van der Waals surface area contributed by atoms with E-state index < -0.39 is 11.9 Å². The Balaban J connectivity index is 1.34. The van der Waals surface area contributed by atoms with E-state index >= 15 is 0 Å². The zero-order valence-electron chi connectivity index (χ0n) is 19.2. The second kappa shape index (κ2) is 8.77. The molecule has 0 heterocycles. The van der Waals surface area contributed by atoms with Crippen LogP contribution in [0.4, 0.5) is 0 Å². The van der Waals surface area contributed by atoms with E-state index in [1.807, 2.05) is 0 Å². The Morgan fingerprint density at radius 3 is 2.06 bits per heavy atom. The molecule has 0 aliphatic heterocycles. The summed E-state index contributed by atoms with van der Waals surface area (Å²) < 4.78 is 22.1. The third-order valence-corrected chi connectivity index (χ3v) is 6.25. The maximum absolute atomic E-state index is 11.5. The van der Waals surface area contributed by atoms with Crippen LogP contribution in [0.3, 0.4) is 0 Å². The van der Waals surface area contributed by atoms with E-state index in [1.165, 1.54) is 11.1 Å². The lowest BCUT2D eigenvalue weighted by Crippen LogP contribution is -2.27. The zero-order valence-corrected chi connectivity index (χ0v) is 19.2. The predicted molar refractivity (Wildman–Crippen MR) is 124 cm³/mol. The van der Waals surface area contributed by atoms with E-state index in [9.17, 15) is 9.59 Å². The zero-order chi connectivity index (χ0) is 23.8. The van der Waals surface area contributed by atoms with Gasteiger partial charge >= 0.3 is 11.9 Å². The van der Waals surface area contributed by atoms with Crippen LogP contribution >= 0.6 is 0 Å². The van der Waals surface area contributed by atoms with Gasteiger partial charge in [0.25, 0.3) is 0 Å². The number of rotatable bonds is 11. The van der Waals surface area contributed by atoms with Crippen LogP contribution in [0.5, 0.6) is 0 Å². The summed E-state index contributed by atoms with van der Waals surface area (Å²) in [4.78, 5) is 23.1. The normalized spacial score (nSPS) is 23.7. The minimum atomic E-state index is -0.415. The molecule has 0 radical (unpaired) electrons. The van der Waals surface area contributed by atoms with Crippen LogP contribution in [-0.4, -0.2) is 38.4 Å². The van der Waals surface area contributed by atoms with Gasteiger partial charge in [0.05, 0.1) is 0 Å². The van der Waals surface area contributed by atoms with Gasteiger partial charge < -0.3 is 18.9 Å². The summed E-state index contributed by atoms with van der Waals surface area (Å²) in [6.07, 6.45) is 12.6. The Morgan fingerprint density at radius 1 is 0.848 bits per heavy atom. The molecule has 4 bridgehead atoms. The summed E-state index contributed by atoms with van der Waals surface area (Å²) in [5, 5.41) is 0. The summed E-state index contributed by atoms with van der Waals surface area (Å²) in [7, 11) is 0. The molecule has 2 atom stereocenters. The average Bonchev–Trinajstić information content (AvgIpc) is 3.51. The number of fused-ring (bicyclic) bond motifs is 5. The van der Waals surface area contributed by atoms with Crippen LogP contribution in [0, 0.1) is 11.3 Å². The Morgan fingerprint density at radius 2 is 1.45 bits per heavy atom. The summed E-state index contributed by atoms with van der Waals surface area (Å²) in [5.41, 5.74) is 5.07. The Kier molecular flexibility index (Phi) is 6.02. The van der Waals surface area contributed by atoms with E-state index in [0.29, 0.717) is 11.1 Å². The standard InChI is InChI=1S/C27H28O6/c1-16(2)25(28)32-12-10-30-22-14-18-6-8-20(22)24(18)27(5)19-7-9-21(27)23(15-19)31-11-13-33-26(29)17(3)4/h6-9,14-15,24H,1,3,10-13H2,2,4-5H3. The van der Waals surface area contributed by atoms with Crippen LogP contribution < -0.4 is 0 Å². The number of allylic oxidation sites excluding steroid dienone is 10. The summed E-state index contributed by atoms with van der Waals surface area (Å²) >= 11 is 0. The molecule has 0 fully saturated rings. The molecule has 4 aliphatic rings. The minimum Gasteiger partial charge on any atom is -0.490 e. The summed E-state index contributed by atoms with van der Waals surface area (Å²) in [6.45, 7) is 13.5. The SMILES string of the molecule is C=C(C)C(=O)OCCOC1=CC2=CC=C1C2C1(C)C2=CC=C1C(OCCOC(=O)C(=C)C)=C2. The molecule has 0 N–H and O–H groups in total. The van der Waals surface area contributed by atoms with E-state index in [2.05, 4.69) is 56.5 Å². The number of carbonyl (C=O) groups is 2. The summed E-state index contributed by atoms with van der Waals surface area (Å²) in [6, 6.07) is 0. The quantitative estimate of drug-likeness (QED) is 0.265. The van der Waals surface area contributed by atoms with Crippen LogP contribution in [0.1, 0.15) is 20.8 Å². The molecule has 4 aliphatic carbocycles. The largest absolute Gasteiger partial charge is 0.490 e. The van der Waals surface area contributed by atoms with E-state index in [4.69, 9.17) is 18.9 Å². The van der Waals surface area contributed by atoms with Crippen molar-refractivity contribution in [3.05, 3.63) is 94.6 Å². The number of ether oxygens (including phenoxy) is 4. The van der Waals surface area contributed by atoms with E-state index in [0.717, 1.165) is 22.7 Å². The molecular formula is C27H28O6. The maximum atomic E-state index is 11.5. The molecule has 2 unspecified atom stereocenters. The predicted octanol–water partition coefficient (Wildman–Crippen LogP) is 4.41. The van der Waals surface area contributed by atoms with Crippen molar-refractivity contribution in [1.29, 1.82) is 0 Å². The second-order valence-corrected chi connectivity index (χ2v) is 8.67. The van der Waals surface area contributed by atoms with Crippen LogP contribution in [0.25, 0.3) is 0 Å². The van der Waals surface area contributed by atoms with Gasteiger partial charge in [-0.05, 0) is 37.1 Å². The molecule has 0 aromatic rings. The maximum Gasteiger partial charge on any atom is 0.333 e. The van der Waals surface area contributed by atoms with Crippen LogP contribution in [-0.2, 0) is 28.5 Å². The van der Waals surface area contributed by atoms with Crippen molar-refractivity contribution in [2.24, 2.45) is 11.3 Å². The molecule has 172 valence electrons. The van der Waals surface area contributed by atoms with E-state index in [-0.39, 0.29) is 37.8 Å². The Labute approximate surface area is 193 Å². The fraction of sp³-hybridized carbons (Fsp3) is 0.333. The number of esters is 2. The Bertz CT molecular complexity index is 1120. The van der Waals surface area contributed by atoms with Gasteiger partial charge in [-0.25, -0.2) is 9.59 Å². The van der Waals surface area contributed by atoms with Crippen LogP contribution in [0.2, 0.25) is 0 Å². The Hall–Kier alpha value is -3.54. The average molecular weight is 449 g/mol. The molecular weight excluding hydrogens is 420 g/mol. The third-order valence-electron chi connectivity index (χ3n) is 6.25. The lowest BCUT2D eigenvalue weighted by atomic mass is 9.69. The van der Waals surface area contributed by atoms with Gasteiger partial charge in [0, 0.05) is 33.6 Å². The second-order valence-electron chi connectivity index (χ2n) is 8.67. The first-order valence-electron chi connectivity index (χ1n) is 10.9. The highest BCUT2D eigenvalue weighted by molar-refractivity contribution is 5.87. The van der Waals surface area contributed by atoms with Crippen molar-refractivity contribution in [2.75, 3.05) is 26.4 Å². The van der Waals surface area contributed by atoms with Crippen molar-refractivity contribution < 1.29 is 28.5 Å². The lowest BCUT2D eigenvalue weighted by molar-refractivity contribution is -0.140. The summed E-state index contributed by atoms with van der Waals surface area (Å²) in [5.74, 6) is 0.919. The van der Waals surface area contributed by atoms with Crippen molar-refractivity contribution in [3.63, 3.8) is 0 Å². The first kappa shape index (κ1) is 22.6. The van der Waals surface area contributed by atoms with Crippen molar-refractivity contribution in [3.8, 4) is 0 Å². The molecule has 0 aromatic heterocycles.